The highest BCUT2D eigenvalue weighted by atomic mass is 35.5. The molecule has 4 aromatic rings. The molecule has 1 aromatic heterocycles. The molecule has 0 atom stereocenters. The van der Waals surface area contributed by atoms with Crippen molar-refractivity contribution >= 4 is 17.6 Å². The topological polar surface area (TPSA) is 93.7 Å². The van der Waals surface area contributed by atoms with E-state index in [4.69, 9.17) is 21.1 Å². The van der Waals surface area contributed by atoms with Gasteiger partial charge in [0.05, 0.1) is 23.9 Å². The van der Waals surface area contributed by atoms with Crippen LogP contribution < -0.4 is 9.47 Å². The Balaban J connectivity index is 1.49. The molecule has 0 radical (unpaired) electrons. The molecule has 0 spiro atoms. The van der Waals surface area contributed by atoms with E-state index in [9.17, 15) is 14.3 Å². The Morgan fingerprint density at radius 2 is 1.85 bits per heavy atom. The summed E-state index contributed by atoms with van der Waals surface area (Å²) >= 11 is 6.02. The van der Waals surface area contributed by atoms with Gasteiger partial charge in [0.15, 0.2) is 5.75 Å². The van der Waals surface area contributed by atoms with Gasteiger partial charge in [0.2, 0.25) is 0 Å². The fourth-order valence-electron chi connectivity index (χ4n) is 3.06. The van der Waals surface area contributed by atoms with Gasteiger partial charge in [-0.1, -0.05) is 17.7 Å². The van der Waals surface area contributed by atoms with E-state index >= 15 is 0 Å². The Kier molecular flexibility index (Phi) is 6.46. The third-order valence-electron chi connectivity index (χ3n) is 4.76. The van der Waals surface area contributed by atoms with Gasteiger partial charge in [-0.05, 0) is 48.5 Å². The smallest absolute Gasteiger partial charge is 0.337 e. The summed E-state index contributed by atoms with van der Waals surface area (Å²) in [6.07, 6.45) is 1.48. The second-order valence-corrected chi connectivity index (χ2v) is 7.34. The highest BCUT2D eigenvalue weighted by molar-refractivity contribution is 6.31. The van der Waals surface area contributed by atoms with Crippen molar-refractivity contribution in [1.29, 1.82) is 0 Å². The Hall–Kier alpha value is -4.04. The molecule has 0 aliphatic carbocycles. The minimum absolute atomic E-state index is 0.0622. The summed E-state index contributed by atoms with van der Waals surface area (Å²) < 4.78 is 29.4. The monoisotopic (exact) mass is 468 g/mol. The van der Waals surface area contributed by atoms with Gasteiger partial charge < -0.3 is 19.3 Å². The van der Waals surface area contributed by atoms with Crippen LogP contribution in [0.2, 0.25) is 5.02 Å². The molecule has 0 aliphatic heterocycles. The number of esters is 1. The predicted octanol–water partition coefficient (Wildman–Crippen LogP) is 5.73. The summed E-state index contributed by atoms with van der Waals surface area (Å²) in [4.78, 5) is 11.6. The first-order valence-corrected chi connectivity index (χ1v) is 10.1. The lowest BCUT2D eigenvalue weighted by molar-refractivity contribution is 0.0600. The Morgan fingerprint density at radius 3 is 2.55 bits per heavy atom. The molecular formula is C24H18ClFN2O5. The van der Waals surface area contributed by atoms with E-state index in [2.05, 4.69) is 14.9 Å². The molecule has 1 heterocycles. The number of H-pyrrole nitrogens is 1. The zero-order valence-electron chi connectivity index (χ0n) is 17.3. The maximum atomic E-state index is 13.2. The molecule has 0 bridgehead atoms. The summed E-state index contributed by atoms with van der Waals surface area (Å²) in [5.41, 5.74) is 1.91. The summed E-state index contributed by atoms with van der Waals surface area (Å²) in [6.45, 7) is 0.109. The van der Waals surface area contributed by atoms with E-state index < -0.39 is 11.8 Å². The van der Waals surface area contributed by atoms with Crippen molar-refractivity contribution in [3.63, 3.8) is 0 Å². The number of aromatic hydroxyl groups is 1. The van der Waals surface area contributed by atoms with Gasteiger partial charge in [-0.15, -0.1) is 0 Å². The number of carbonyl (C=O) groups is 1. The number of nitrogens with zero attached hydrogens (tertiary/aromatic N) is 1. The lowest BCUT2D eigenvalue weighted by atomic mass is 10.1. The quantitative estimate of drug-likeness (QED) is 0.336. The molecule has 0 unspecified atom stereocenters. The highest BCUT2D eigenvalue weighted by Crippen LogP contribution is 2.38. The Morgan fingerprint density at radius 1 is 1.09 bits per heavy atom. The Labute approximate surface area is 193 Å². The number of rotatable bonds is 7. The third kappa shape index (κ3) is 5.07. The molecule has 7 nitrogen and oxygen atoms in total. The number of methoxy groups -OCH3 is 1. The second kappa shape index (κ2) is 9.62. The number of hydrogen-bond acceptors (Lipinski definition) is 6. The first kappa shape index (κ1) is 22.2. The summed E-state index contributed by atoms with van der Waals surface area (Å²) in [6, 6.07) is 15.2. The summed E-state index contributed by atoms with van der Waals surface area (Å²) in [7, 11) is 1.31. The number of nitrogens with one attached hydrogen (secondary N) is 1. The number of aromatic nitrogens is 2. The van der Waals surface area contributed by atoms with Crippen molar-refractivity contribution in [2.45, 2.75) is 6.61 Å². The van der Waals surface area contributed by atoms with Crippen molar-refractivity contribution in [2.24, 2.45) is 0 Å². The highest BCUT2D eigenvalue weighted by Gasteiger charge is 2.15. The van der Waals surface area contributed by atoms with E-state index in [1.807, 2.05) is 0 Å². The van der Waals surface area contributed by atoms with Crippen molar-refractivity contribution in [1.82, 2.24) is 10.2 Å². The molecule has 0 saturated heterocycles. The van der Waals surface area contributed by atoms with Gasteiger partial charge in [0, 0.05) is 17.2 Å². The summed E-state index contributed by atoms with van der Waals surface area (Å²) in [5.74, 6) is 0.316. The fourth-order valence-corrected chi connectivity index (χ4v) is 3.28. The van der Waals surface area contributed by atoms with E-state index in [0.29, 0.717) is 39.6 Å². The van der Waals surface area contributed by atoms with Gasteiger partial charge in [-0.25, -0.2) is 9.18 Å². The number of phenols is 1. The lowest BCUT2D eigenvalue weighted by Crippen LogP contribution is -2.00. The molecule has 0 amide bonds. The van der Waals surface area contributed by atoms with Crippen LogP contribution in [0.3, 0.4) is 0 Å². The van der Waals surface area contributed by atoms with Gasteiger partial charge in [-0.3, -0.25) is 5.10 Å². The zero-order chi connectivity index (χ0) is 23.4. The van der Waals surface area contributed by atoms with Crippen LogP contribution in [-0.4, -0.2) is 28.4 Å². The molecular weight excluding hydrogens is 451 g/mol. The normalized spacial score (nSPS) is 10.6. The number of hydrogen-bond donors (Lipinski definition) is 2. The van der Waals surface area contributed by atoms with Crippen LogP contribution in [0.4, 0.5) is 4.39 Å². The molecule has 9 heteroatoms. The van der Waals surface area contributed by atoms with Gasteiger partial charge in [0.25, 0.3) is 0 Å². The van der Waals surface area contributed by atoms with Gasteiger partial charge in [-0.2, -0.15) is 5.10 Å². The zero-order valence-corrected chi connectivity index (χ0v) is 18.1. The van der Waals surface area contributed by atoms with Crippen LogP contribution in [0.25, 0.3) is 11.3 Å². The number of carbonyl (C=O) groups excluding carboxylic acids is 1. The van der Waals surface area contributed by atoms with Crippen molar-refractivity contribution < 1.29 is 28.5 Å². The first-order valence-electron chi connectivity index (χ1n) is 9.74. The molecule has 168 valence electrons. The lowest BCUT2D eigenvalue weighted by Gasteiger charge is -2.11. The standard InChI is InChI=1S/C24H18ClFN2O5/c1-31-24(30)14-3-6-17(7-4-14)33-22-12-27-28-23(22)19-9-8-18(11-21(19)29)32-13-15-2-5-16(26)10-20(15)25/h2-12,29H,13H2,1H3,(H,27,28). The van der Waals surface area contributed by atoms with E-state index in [-0.39, 0.29) is 17.4 Å². The SMILES string of the molecule is COC(=O)c1ccc(Oc2cn[nH]c2-c2ccc(OCc3ccc(F)cc3Cl)cc2O)cc1. The molecule has 2 N–H and O–H groups in total. The van der Waals surface area contributed by atoms with Crippen LogP contribution in [0.1, 0.15) is 15.9 Å². The fraction of sp³-hybridized carbons (Fsp3) is 0.0833. The predicted molar refractivity (Wildman–Crippen MR) is 119 cm³/mol. The van der Waals surface area contributed by atoms with Crippen molar-refractivity contribution in [3.05, 3.63) is 88.8 Å². The molecule has 0 saturated carbocycles. The van der Waals surface area contributed by atoms with Crippen LogP contribution in [0, 0.1) is 5.82 Å². The summed E-state index contributed by atoms with van der Waals surface area (Å²) in [5, 5.41) is 17.6. The van der Waals surface area contributed by atoms with Crippen LogP contribution in [-0.2, 0) is 11.3 Å². The average Bonchev–Trinajstić information content (AvgIpc) is 3.26. The second-order valence-electron chi connectivity index (χ2n) is 6.93. The third-order valence-corrected chi connectivity index (χ3v) is 5.11. The molecule has 0 aliphatic rings. The van der Waals surface area contributed by atoms with E-state index in [0.717, 1.165) is 0 Å². The first-order chi connectivity index (χ1) is 15.9. The maximum absolute atomic E-state index is 13.2. The van der Waals surface area contributed by atoms with E-state index in [1.165, 1.54) is 37.6 Å². The van der Waals surface area contributed by atoms with Crippen LogP contribution in [0.5, 0.6) is 23.0 Å². The van der Waals surface area contributed by atoms with Gasteiger partial charge in [0.1, 0.15) is 35.4 Å². The maximum Gasteiger partial charge on any atom is 0.337 e. The molecule has 0 fully saturated rings. The number of halogens is 2. The minimum atomic E-state index is -0.445. The van der Waals surface area contributed by atoms with Crippen molar-refractivity contribution in [3.8, 4) is 34.3 Å². The number of aromatic amines is 1. The number of phenolic OH excluding ortho intramolecular Hbond substituents is 1. The molecule has 3 aromatic carbocycles. The van der Waals surface area contributed by atoms with Gasteiger partial charge >= 0.3 is 5.97 Å². The van der Waals surface area contributed by atoms with Crippen LogP contribution in [0.15, 0.2) is 66.9 Å². The number of ether oxygens (including phenoxy) is 3. The van der Waals surface area contributed by atoms with Crippen LogP contribution >= 0.6 is 11.6 Å². The Bertz CT molecular complexity index is 1290. The average molecular weight is 469 g/mol. The van der Waals surface area contributed by atoms with E-state index in [1.54, 1.807) is 36.4 Å². The number of benzene rings is 3. The molecule has 33 heavy (non-hydrogen) atoms. The largest absolute Gasteiger partial charge is 0.507 e. The molecule has 4 rings (SSSR count). The minimum Gasteiger partial charge on any atom is -0.507 e. The van der Waals surface area contributed by atoms with Crippen molar-refractivity contribution in [2.75, 3.05) is 7.11 Å².